The normalized spacial score (nSPS) is 19.6. The molecule has 0 unspecified atom stereocenters. The average Bonchev–Trinajstić information content (AvgIpc) is 2.82. The Morgan fingerprint density at radius 3 is 2.33 bits per heavy atom. The van der Waals surface area contributed by atoms with Crippen LogP contribution in [0.2, 0.25) is 0 Å². The Labute approximate surface area is 93.6 Å². The van der Waals surface area contributed by atoms with Gasteiger partial charge in [-0.3, -0.25) is 0 Å². The molecular formula is C12H26N2O. The third kappa shape index (κ3) is 4.49. The van der Waals surface area contributed by atoms with Crippen LogP contribution in [0.4, 0.5) is 0 Å². The molecular weight excluding hydrogens is 188 g/mol. The van der Waals surface area contributed by atoms with Gasteiger partial charge in [-0.25, -0.2) is 0 Å². The van der Waals surface area contributed by atoms with Crippen LogP contribution in [0.5, 0.6) is 0 Å². The highest BCUT2D eigenvalue weighted by Crippen LogP contribution is 2.49. The fourth-order valence-corrected chi connectivity index (χ4v) is 2.27. The average molecular weight is 214 g/mol. The standard InChI is InChI=1S/C12H26N2O/c1-4-14(9-11(2,3)15)10-12(5-6-12)7-8-13/h15H,4-10,13H2,1-3H3. The predicted molar refractivity (Wildman–Crippen MR) is 63.8 cm³/mol. The third-order valence-electron chi connectivity index (χ3n) is 3.25. The summed E-state index contributed by atoms with van der Waals surface area (Å²) in [5.41, 5.74) is 5.52. The Hall–Kier alpha value is -0.120. The Morgan fingerprint density at radius 1 is 1.40 bits per heavy atom. The van der Waals surface area contributed by atoms with Crippen molar-refractivity contribution in [2.45, 2.75) is 45.6 Å². The van der Waals surface area contributed by atoms with Gasteiger partial charge in [0.05, 0.1) is 5.60 Å². The summed E-state index contributed by atoms with van der Waals surface area (Å²) in [7, 11) is 0. The van der Waals surface area contributed by atoms with Gasteiger partial charge in [0.1, 0.15) is 0 Å². The fraction of sp³-hybridized carbons (Fsp3) is 1.00. The van der Waals surface area contributed by atoms with E-state index in [0.717, 1.165) is 32.6 Å². The van der Waals surface area contributed by atoms with Crippen molar-refractivity contribution in [3.8, 4) is 0 Å². The maximum absolute atomic E-state index is 9.80. The molecule has 0 amide bonds. The molecule has 1 fully saturated rings. The molecule has 0 saturated heterocycles. The first-order valence-electron chi connectivity index (χ1n) is 6.06. The molecule has 1 aliphatic rings. The summed E-state index contributed by atoms with van der Waals surface area (Å²) < 4.78 is 0. The summed E-state index contributed by atoms with van der Waals surface area (Å²) >= 11 is 0. The van der Waals surface area contributed by atoms with E-state index in [9.17, 15) is 5.11 Å². The van der Waals surface area contributed by atoms with E-state index in [1.165, 1.54) is 12.8 Å². The van der Waals surface area contributed by atoms with Gasteiger partial charge in [-0.05, 0) is 51.6 Å². The highest BCUT2D eigenvalue weighted by atomic mass is 16.3. The van der Waals surface area contributed by atoms with E-state index >= 15 is 0 Å². The van der Waals surface area contributed by atoms with Gasteiger partial charge in [0.2, 0.25) is 0 Å². The lowest BCUT2D eigenvalue weighted by Gasteiger charge is -2.31. The van der Waals surface area contributed by atoms with E-state index in [1.807, 2.05) is 13.8 Å². The van der Waals surface area contributed by atoms with Gasteiger partial charge in [0, 0.05) is 13.1 Å². The van der Waals surface area contributed by atoms with Crippen LogP contribution in [0.15, 0.2) is 0 Å². The Bertz CT molecular complexity index is 194. The number of nitrogens with two attached hydrogens (primary N) is 1. The smallest absolute Gasteiger partial charge is 0.0718 e. The lowest BCUT2D eigenvalue weighted by atomic mass is 10.0. The first kappa shape index (κ1) is 12.9. The summed E-state index contributed by atoms with van der Waals surface area (Å²) in [6, 6.07) is 0. The van der Waals surface area contributed by atoms with Crippen molar-refractivity contribution in [2.24, 2.45) is 11.1 Å². The molecule has 90 valence electrons. The monoisotopic (exact) mass is 214 g/mol. The Kier molecular flexibility index (Phi) is 4.15. The second-order valence-electron chi connectivity index (χ2n) is 5.65. The van der Waals surface area contributed by atoms with Crippen molar-refractivity contribution in [3.05, 3.63) is 0 Å². The van der Waals surface area contributed by atoms with Crippen LogP contribution >= 0.6 is 0 Å². The van der Waals surface area contributed by atoms with Crippen LogP contribution in [0.25, 0.3) is 0 Å². The second kappa shape index (κ2) is 4.81. The second-order valence-corrected chi connectivity index (χ2v) is 5.65. The highest BCUT2D eigenvalue weighted by molar-refractivity contribution is 4.96. The van der Waals surface area contributed by atoms with E-state index in [4.69, 9.17) is 5.73 Å². The molecule has 0 aromatic heterocycles. The molecule has 0 aromatic rings. The summed E-state index contributed by atoms with van der Waals surface area (Å²) in [5.74, 6) is 0. The lowest BCUT2D eigenvalue weighted by molar-refractivity contribution is 0.0308. The van der Waals surface area contributed by atoms with Crippen LogP contribution in [0, 0.1) is 5.41 Å². The number of aliphatic hydroxyl groups is 1. The van der Waals surface area contributed by atoms with E-state index in [1.54, 1.807) is 0 Å². The van der Waals surface area contributed by atoms with Gasteiger partial charge in [-0.15, -0.1) is 0 Å². The first-order valence-corrected chi connectivity index (χ1v) is 6.06. The fourth-order valence-electron chi connectivity index (χ4n) is 2.27. The molecule has 0 atom stereocenters. The summed E-state index contributed by atoms with van der Waals surface area (Å²) in [5, 5.41) is 9.80. The molecule has 0 heterocycles. The van der Waals surface area contributed by atoms with Crippen LogP contribution in [0.1, 0.15) is 40.0 Å². The van der Waals surface area contributed by atoms with Crippen molar-refractivity contribution in [1.29, 1.82) is 0 Å². The SMILES string of the molecule is CCN(CC(C)(C)O)CC1(CCN)CC1. The topological polar surface area (TPSA) is 49.5 Å². The van der Waals surface area contributed by atoms with Crippen LogP contribution < -0.4 is 5.73 Å². The molecule has 3 N–H and O–H groups in total. The minimum absolute atomic E-state index is 0.482. The number of hydrogen-bond acceptors (Lipinski definition) is 3. The van der Waals surface area contributed by atoms with Gasteiger partial charge in [0.15, 0.2) is 0 Å². The van der Waals surface area contributed by atoms with Crippen molar-refractivity contribution < 1.29 is 5.11 Å². The predicted octanol–water partition coefficient (Wildman–Crippen LogP) is 1.21. The minimum atomic E-state index is -0.588. The van der Waals surface area contributed by atoms with Gasteiger partial charge < -0.3 is 15.7 Å². The minimum Gasteiger partial charge on any atom is -0.389 e. The van der Waals surface area contributed by atoms with Gasteiger partial charge in [0.25, 0.3) is 0 Å². The molecule has 15 heavy (non-hydrogen) atoms. The van der Waals surface area contributed by atoms with Crippen LogP contribution in [-0.2, 0) is 0 Å². The summed E-state index contributed by atoms with van der Waals surface area (Å²) in [6.07, 6.45) is 3.76. The van der Waals surface area contributed by atoms with E-state index in [-0.39, 0.29) is 0 Å². The molecule has 0 spiro atoms. The number of hydrogen-bond donors (Lipinski definition) is 2. The van der Waals surface area contributed by atoms with Crippen LogP contribution in [-0.4, -0.2) is 41.8 Å². The van der Waals surface area contributed by atoms with Crippen molar-refractivity contribution >= 4 is 0 Å². The maximum atomic E-state index is 9.80. The highest BCUT2D eigenvalue weighted by Gasteiger charge is 2.42. The number of nitrogens with zero attached hydrogens (tertiary/aromatic N) is 1. The largest absolute Gasteiger partial charge is 0.389 e. The zero-order valence-corrected chi connectivity index (χ0v) is 10.4. The quantitative estimate of drug-likeness (QED) is 0.669. The van der Waals surface area contributed by atoms with E-state index in [0.29, 0.717) is 5.41 Å². The molecule has 0 bridgehead atoms. The third-order valence-corrected chi connectivity index (χ3v) is 3.25. The Balaban J connectivity index is 2.40. The summed E-state index contributed by atoms with van der Waals surface area (Å²) in [4.78, 5) is 2.35. The molecule has 1 rings (SSSR count). The van der Waals surface area contributed by atoms with E-state index in [2.05, 4.69) is 11.8 Å². The zero-order chi connectivity index (χ0) is 11.5. The summed E-state index contributed by atoms with van der Waals surface area (Å²) in [6.45, 7) is 9.57. The number of likely N-dealkylation sites (N-methyl/N-ethyl adjacent to an activating group) is 1. The first-order chi connectivity index (χ1) is 6.91. The molecule has 0 aromatic carbocycles. The molecule has 0 radical (unpaired) electrons. The van der Waals surface area contributed by atoms with Crippen molar-refractivity contribution in [1.82, 2.24) is 4.90 Å². The van der Waals surface area contributed by atoms with Crippen LogP contribution in [0.3, 0.4) is 0 Å². The molecule has 3 nitrogen and oxygen atoms in total. The molecule has 0 aliphatic heterocycles. The number of rotatable bonds is 7. The van der Waals surface area contributed by atoms with Crippen molar-refractivity contribution in [3.63, 3.8) is 0 Å². The molecule has 3 heteroatoms. The van der Waals surface area contributed by atoms with Crippen molar-refractivity contribution in [2.75, 3.05) is 26.2 Å². The van der Waals surface area contributed by atoms with E-state index < -0.39 is 5.60 Å². The molecule has 1 aliphatic carbocycles. The zero-order valence-electron chi connectivity index (χ0n) is 10.4. The van der Waals surface area contributed by atoms with Gasteiger partial charge in [-0.2, -0.15) is 0 Å². The van der Waals surface area contributed by atoms with Gasteiger partial charge >= 0.3 is 0 Å². The maximum Gasteiger partial charge on any atom is 0.0718 e. The Morgan fingerprint density at radius 2 is 2.00 bits per heavy atom. The lowest BCUT2D eigenvalue weighted by Crippen LogP contribution is -2.41. The molecule has 1 saturated carbocycles. The van der Waals surface area contributed by atoms with Gasteiger partial charge in [-0.1, -0.05) is 6.92 Å².